The highest BCUT2D eigenvalue weighted by molar-refractivity contribution is 4.87. The average Bonchev–Trinajstić information content (AvgIpc) is 2.73. The van der Waals surface area contributed by atoms with Crippen LogP contribution >= 0.6 is 0 Å². The molecule has 0 spiro atoms. The molecule has 116 valence electrons. The van der Waals surface area contributed by atoms with Gasteiger partial charge >= 0.3 is 0 Å². The third kappa shape index (κ3) is 5.61. The Kier molecular flexibility index (Phi) is 6.66. The van der Waals surface area contributed by atoms with E-state index in [0.717, 1.165) is 31.8 Å². The molecule has 1 N–H and O–H groups in total. The first-order valence-corrected chi connectivity index (χ1v) is 7.94. The molecule has 0 aliphatic carbocycles. The summed E-state index contributed by atoms with van der Waals surface area (Å²) < 4.78 is 2.06. The number of hydrogen-bond donors (Lipinski definition) is 1. The molecule has 0 radical (unpaired) electrons. The maximum absolute atomic E-state index is 4.41. The smallest absolute Gasteiger partial charge is 0.138 e. The lowest BCUT2D eigenvalue weighted by Gasteiger charge is -2.31. The van der Waals surface area contributed by atoms with E-state index >= 15 is 0 Å². The molecule has 1 atom stereocenters. The Morgan fingerprint density at radius 1 is 1.30 bits per heavy atom. The van der Waals surface area contributed by atoms with Crippen LogP contribution in [0.25, 0.3) is 0 Å². The highest BCUT2D eigenvalue weighted by Gasteiger charge is 2.23. The van der Waals surface area contributed by atoms with Crippen LogP contribution in [-0.4, -0.2) is 27.4 Å². The van der Waals surface area contributed by atoms with Gasteiger partial charge in [-0.15, -0.1) is 0 Å². The predicted octanol–water partition coefficient (Wildman–Crippen LogP) is 3.28. The zero-order valence-electron chi connectivity index (χ0n) is 14.1. The molecule has 1 rings (SSSR count). The molecule has 0 fully saturated rings. The summed E-state index contributed by atoms with van der Waals surface area (Å²) >= 11 is 0. The van der Waals surface area contributed by atoms with Gasteiger partial charge in [0.05, 0.1) is 0 Å². The first-order chi connectivity index (χ1) is 9.34. The van der Waals surface area contributed by atoms with E-state index in [4.69, 9.17) is 0 Å². The second-order valence-electron chi connectivity index (χ2n) is 7.12. The lowest BCUT2D eigenvalue weighted by Crippen LogP contribution is -2.40. The maximum atomic E-state index is 4.41. The van der Waals surface area contributed by atoms with Gasteiger partial charge in [-0.1, -0.05) is 41.5 Å². The molecule has 0 aromatic carbocycles. The van der Waals surface area contributed by atoms with Crippen molar-refractivity contribution in [1.82, 2.24) is 20.1 Å². The first-order valence-electron chi connectivity index (χ1n) is 7.94. The third-order valence-electron chi connectivity index (χ3n) is 3.62. The van der Waals surface area contributed by atoms with Gasteiger partial charge in [-0.3, -0.25) is 0 Å². The fraction of sp³-hybridized carbons (Fsp3) is 0.875. The molecule has 0 saturated heterocycles. The molecule has 1 aromatic heterocycles. The van der Waals surface area contributed by atoms with Crippen molar-refractivity contribution in [2.75, 3.05) is 6.54 Å². The van der Waals surface area contributed by atoms with E-state index in [1.54, 1.807) is 6.33 Å². The Bertz CT molecular complexity index is 376. The van der Waals surface area contributed by atoms with Crippen molar-refractivity contribution in [1.29, 1.82) is 0 Å². The number of nitrogens with zero attached hydrogens (tertiary/aromatic N) is 3. The molecule has 4 heteroatoms. The number of aromatic nitrogens is 3. The summed E-state index contributed by atoms with van der Waals surface area (Å²) in [6.45, 7) is 15.5. The third-order valence-corrected chi connectivity index (χ3v) is 3.62. The summed E-state index contributed by atoms with van der Waals surface area (Å²) in [6, 6.07) is 0.564. The molecule has 0 aliphatic heterocycles. The Morgan fingerprint density at radius 3 is 2.55 bits per heavy atom. The molecular formula is C16H32N4. The first kappa shape index (κ1) is 17.2. The second kappa shape index (κ2) is 7.77. The monoisotopic (exact) mass is 280 g/mol. The molecule has 0 aliphatic rings. The lowest BCUT2D eigenvalue weighted by atomic mass is 9.83. The van der Waals surface area contributed by atoms with Gasteiger partial charge in [-0.2, -0.15) is 5.10 Å². The Morgan fingerprint density at radius 2 is 2.00 bits per heavy atom. The van der Waals surface area contributed by atoms with Gasteiger partial charge in [-0.25, -0.2) is 9.67 Å². The van der Waals surface area contributed by atoms with Crippen LogP contribution in [0.4, 0.5) is 0 Å². The molecule has 1 heterocycles. The van der Waals surface area contributed by atoms with Crippen LogP contribution in [0.1, 0.15) is 60.2 Å². The van der Waals surface area contributed by atoms with Crippen molar-refractivity contribution in [3.05, 3.63) is 12.2 Å². The van der Waals surface area contributed by atoms with E-state index in [1.807, 2.05) is 0 Å². The molecule has 1 unspecified atom stereocenters. The topological polar surface area (TPSA) is 42.7 Å². The second-order valence-corrected chi connectivity index (χ2v) is 7.12. The Balaban J connectivity index is 2.48. The summed E-state index contributed by atoms with van der Waals surface area (Å²) in [5, 5.41) is 7.94. The zero-order chi connectivity index (χ0) is 15.2. The molecule has 0 saturated carbocycles. The number of rotatable bonds is 8. The number of nitrogens with one attached hydrogen (secondary N) is 1. The van der Waals surface area contributed by atoms with Crippen LogP contribution in [0.3, 0.4) is 0 Å². The largest absolute Gasteiger partial charge is 0.314 e. The van der Waals surface area contributed by atoms with Crippen molar-refractivity contribution in [3.63, 3.8) is 0 Å². The number of aryl methyl sites for hydroxylation is 1. The van der Waals surface area contributed by atoms with Gasteiger partial charge in [0.1, 0.15) is 12.2 Å². The summed E-state index contributed by atoms with van der Waals surface area (Å²) in [4.78, 5) is 4.41. The maximum Gasteiger partial charge on any atom is 0.138 e. The standard InChI is InChI=1S/C16H32N4/c1-7-17-14(16(4,5)6)9-8-10-15-18-12-19-20(15)11-13(2)3/h12-14,17H,7-11H2,1-6H3. The van der Waals surface area contributed by atoms with Gasteiger partial charge in [0, 0.05) is 19.0 Å². The summed E-state index contributed by atoms with van der Waals surface area (Å²) in [5.41, 5.74) is 0.307. The Labute approximate surface area is 124 Å². The molecule has 0 bridgehead atoms. The SMILES string of the molecule is CCNC(CCCc1ncnn1CC(C)C)C(C)(C)C. The molecule has 20 heavy (non-hydrogen) atoms. The van der Waals surface area contributed by atoms with Crippen molar-refractivity contribution in [2.45, 2.75) is 73.4 Å². The molecule has 0 amide bonds. The van der Waals surface area contributed by atoms with E-state index in [2.05, 4.69) is 61.6 Å². The molecular weight excluding hydrogens is 248 g/mol. The minimum Gasteiger partial charge on any atom is -0.314 e. The van der Waals surface area contributed by atoms with Crippen LogP contribution in [0.15, 0.2) is 6.33 Å². The normalized spacial score (nSPS) is 13.9. The van der Waals surface area contributed by atoms with Crippen LogP contribution in [-0.2, 0) is 13.0 Å². The molecule has 4 nitrogen and oxygen atoms in total. The predicted molar refractivity (Wildman–Crippen MR) is 84.7 cm³/mol. The van der Waals surface area contributed by atoms with Crippen LogP contribution < -0.4 is 5.32 Å². The average molecular weight is 280 g/mol. The van der Waals surface area contributed by atoms with Gasteiger partial charge in [0.25, 0.3) is 0 Å². The van der Waals surface area contributed by atoms with Crippen molar-refractivity contribution < 1.29 is 0 Å². The highest BCUT2D eigenvalue weighted by Crippen LogP contribution is 2.23. The minimum atomic E-state index is 0.307. The fourth-order valence-electron chi connectivity index (χ4n) is 2.53. The number of hydrogen-bond acceptors (Lipinski definition) is 3. The highest BCUT2D eigenvalue weighted by atomic mass is 15.3. The minimum absolute atomic E-state index is 0.307. The van der Waals surface area contributed by atoms with E-state index < -0.39 is 0 Å². The van der Waals surface area contributed by atoms with E-state index in [-0.39, 0.29) is 0 Å². The van der Waals surface area contributed by atoms with Crippen molar-refractivity contribution >= 4 is 0 Å². The van der Waals surface area contributed by atoms with E-state index in [1.165, 1.54) is 6.42 Å². The lowest BCUT2D eigenvalue weighted by molar-refractivity contribution is 0.253. The van der Waals surface area contributed by atoms with Gasteiger partial charge in [0.15, 0.2) is 0 Å². The van der Waals surface area contributed by atoms with E-state index in [9.17, 15) is 0 Å². The van der Waals surface area contributed by atoms with Gasteiger partial charge < -0.3 is 5.32 Å². The van der Waals surface area contributed by atoms with Crippen molar-refractivity contribution in [3.8, 4) is 0 Å². The summed E-state index contributed by atoms with van der Waals surface area (Å²) in [6.07, 6.45) is 5.05. The van der Waals surface area contributed by atoms with Crippen LogP contribution in [0.5, 0.6) is 0 Å². The summed E-state index contributed by atoms with van der Waals surface area (Å²) in [7, 11) is 0. The quantitative estimate of drug-likeness (QED) is 0.794. The van der Waals surface area contributed by atoms with Crippen LogP contribution in [0, 0.1) is 11.3 Å². The van der Waals surface area contributed by atoms with Crippen LogP contribution in [0.2, 0.25) is 0 Å². The summed E-state index contributed by atoms with van der Waals surface area (Å²) in [5.74, 6) is 1.74. The van der Waals surface area contributed by atoms with Gasteiger partial charge in [-0.05, 0) is 30.7 Å². The van der Waals surface area contributed by atoms with Gasteiger partial charge in [0.2, 0.25) is 0 Å². The zero-order valence-corrected chi connectivity index (χ0v) is 14.1. The van der Waals surface area contributed by atoms with E-state index in [0.29, 0.717) is 17.4 Å². The Hall–Kier alpha value is -0.900. The van der Waals surface area contributed by atoms with Crippen molar-refractivity contribution in [2.24, 2.45) is 11.3 Å². The fourth-order valence-corrected chi connectivity index (χ4v) is 2.53. The molecule has 1 aromatic rings.